The van der Waals surface area contributed by atoms with Crippen molar-refractivity contribution in [1.29, 1.82) is 0 Å². The molecular formula is C9H19NO. The molecule has 0 amide bonds. The highest BCUT2D eigenvalue weighted by atomic mass is 16.3. The molecular weight excluding hydrogens is 138 g/mol. The van der Waals surface area contributed by atoms with Crippen molar-refractivity contribution >= 4 is 0 Å². The number of hydrogen-bond acceptors (Lipinski definition) is 2. The molecule has 0 radical (unpaired) electrons. The van der Waals surface area contributed by atoms with Crippen molar-refractivity contribution in [3.63, 3.8) is 0 Å². The monoisotopic (exact) mass is 157 g/mol. The van der Waals surface area contributed by atoms with Gasteiger partial charge in [0.15, 0.2) is 0 Å². The fourth-order valence-corrected chi connectivity index (χ4v) is 0.881. The van der Waals surface area contributed by atoms with Gasteiger partial charge in [-0.3, -0.25) is 0 Å². The third kappa shape index (κ3) is 6.07. The van der Waals surface area contributed by atoms with Gasteiger partial charge in [0.25, 0.3) is 0 Å². The van der Waals surface area contributed by atoms with Gasteiger partial charge < -0.3 is 10.4 Å². The number of nitrogens with one attached hydrogen (secondary N) is 1. The van der Waals surface area contributed by atoms with Gasteiger partial charge in [-0.05, 0) is 33.2 Å². The number of rotatable bonds is 6. The molecule has 0 fully saturated rings. The summed E-state index contributed by atoms with van der Waals surface area (Å²) in [6, 6.07) is 0. The molecule has 0 aliphatic rings. The van der Waals surface area contributed by atoms with Gasteiger partial charge in [0, 0.05) is 12.1 Å². The smallest absolute Gasteiger partial charge is 0.0448 e. The molecule has 0 bridgehead atoms. The Labute approximate surface area is 69.3 Å². The maximum absolute atomic E-state index is 8.70. The predicted octanol–water partition coefficient (Wildman–Crippen LogP) is 1.31. The molecule has 0 heterocycles. The molecule has 0 spiro atoms. The summed E-state index contributed by atoms with van der Waals surface area (Å²) in [5, 5.41) is 12.0. The van der Waals surface area contributed by atoms with Crippen LogP contribution in [0.5, 0.6) is 0 Å². The Morgan fingerprint density at radius 2 is 2.18 bits per heavy atom. The predicted molar refractivity (Wildman–Crippen MR) is 48.6 cm³/mol. The molecule has 0 aromatic rings. The first-order valence-corrected chi connectivity index (χ1v) is 4.09. The lowest BCUT2D eigenvalue weighted by molar-refractivity contribution is 0.232. The first-order chi connectivity index (χ1) is 5.12. The Kier molecular flexibility index (Phi) is 5.16. The van der Waals surface area contributed by atoms with E-state index in [0.29, 0.717) is 0 Å². The van der Waals surface area contributed by atoms with Gasteiger partial charge in [0.2, 0.25) is 0 Å². The Morgan fingerprint density at radius 1 is 1.55 bits per heavy atom. The maximum atomic E-state index is 8.70. The Balaban J connectivity index is 3.45. The zero-order valence-electron chi connectivity index (χ0n) is 7.56. The van der Waals surface area contributed by atoms with Crippen LogP contribution in [0.1, 0.15) is 26.7 Å². The summed E-state index contributed by atoms with van der Waals surface area (Å²) in [7, 11) is 0. The summed E-state index contributed by atoms with van der Waals surface area (Å²) >= 11 is 0. The molecule has 66 valence electrons. The minimum atomic E-state index is 0.0533. The summed E-state index contributed by atoms with van der Waals surface area (Å²) in [4.78, 5) is 0. The fraction of sp³-hybridized carbons (Fsp3) is 0.778. The van der Waals surface area contributed by atoms with Crippen LogP contribution in [0.3, 0.4) is 0 Å². The van der Waals surface area contributed by atoms with Gasteiger partial charge >= 0.3 is 0 Å². The molecule has 0 rings (SSSR count). The molecule has 2 heteroatoms. The van der Waals surface area contributed by atoms with E-state index >= 15 is 0 Å². The number of aliphatic hydroxyl groups excluding tert-OH is 1. The lowest BCUT2D eigenvalue weighted by Crippen LogP contribution is -2.40. The van der Waals surface area contributed by atoms with E-state index in [2.05, 4.69) is 25.7 Å². The van der Waals surface area contributed by atoms with Crippen molar-refractivity contribution in [3.8, 4) is 0 Å². The van der Waals surface area contributed by atoms with Gasteiger partial charge in [-0.15, -0.1) is 6.58 Å². The van der Waals surface area contributed by atoms with Crippen LogP contribution in [0, 0.1) is 0 Å². The average Bonchev–Trinajstić information content (AvgIpc) is 1.87. The van der Waals surface area contributed by atoms with Crippen LogP contribution in [-0.2, 0) is 0 Å². The molecule has 0 saturated carbocycles. The lowest BCUT2D eigenvalue weighted by atomic mass is 10.0. The van der Waals surface area contributed by atoms with E-state index < -0.39 is 0 Å². The van der Waals surface area contributed by atoms with Gasteiger partial charge in [-0.1, -0.05) is 6.08 Å². The summed E-state index contributed by atoms with van der Waals surface area (Å²) in [5.74, 6) is 0. The molecule has 11 heavy (non-hydrogen) atoms. The number of hydrogen-bond donors (Lipinski definition) is 2. The topological polar surface area (TPSA) is 32.3 Å². The highest BCUT2D eigenvalue weighted by Gasteiger charge is 2.14. The van der Waals surface area contributed by atoms with Gasteiger partial charge in [0.1, 0.15) is 0 Å². The summed E-state index contributed by atoms with van der Waals surface area (Å²) in [5.41, 5.74) is 0.0533. The second-order valence-electron chi connectivity index (χ2n) is 3.36. The average molecular weight is 157 g/mol. The van der Waals surface area contributed by atoms with Crippen LogP contribution in [-0.4, -0.2) is 23.8 Å². The highest BCUT2D eigenvalue weighted by molar-refractivity contribution is 4.78. The number of aliphatic hydroxyl groups is 1. The highest BCUT2D eigenvalue weighted by Crippen LogP contribution is 2.06. The molecule has 0 aromatic heterocycles. The Morgan fingerprint density at radius 3 is 2.64 bits per heavy atom. The van der Waals surface area contributed by atoms with Crippen LogP contribution in [0.25, 0.3) is 0 Å². The molecule has 0 saturated heterocycles. The molecule has 0 atom stereocenters. The fourth-order valence-electron chi connectivity index (χ4n) is 0.881. The summed E-state index contributed by atoms with van der Waals surface area (Å²) < 4.78 is 0. The van der Waals surface area contributed by atoms with Gasteiger partial charge in [0.05, 0.1) is 0 Å². The van der Waals surface area contributed by atoms with E-state index in [1.165, 1.54) is 0 Å². The molecule has 0 unspecified atom stereocenters. The molecule has 0 aliphatic heterocycles. The lowest BCUT2D eigenvalue weighted by Gasteiger charge is -2.25. The summed E-state index contributed by atoms with van der Waals surface area (Å²) in [6.45, 7) is 9.00. The van der Waals surface area contributed by atoms with Gasteiger partial charge in [-0.2, -0.15) is 0 Å². The van der Waals surface area contributed by atoms with Crippen molar-refractivity contribution in [3.05, 3.63) is 12.7 Å². The second kappa shape index (κ2) is 5.33. The third-order valence-corrected chi connectivity index (χ3v) is 1.69. The van der Waals surface area contributed by atoms with Crippen LogP contribution in [0.2, 0.25) is 0 Å². The van der Waals surface area contributed by atoms with Crippen LogP contribution in [0.15, 0.2) is 12.7 Å². The molecule has 2 N–H and O–H groups in total. The van der Waals surface area contributed by atoms with Crippen molar-refractivity contribution < 1.29 is 5.11 Å². The molecule has 0 aromatic carbocycles. The van der Waals surface area contributed by atoms with Crippen molar-refractivity contribution in [2.45, 2.75) is 32.2 Å². The molecule has 0 aliphatic carbocycles. The summed E-state index contributed by atoms with van der Waals surface area (Å²) in [6.07, 6.45) is 3.67. The van der Waals surface area contributed by atoms with E-state index in [1.54, 1.807) is 0 Å². The SMILES string of the molecule is C=CCCNC(C)(C)CCO. The van der Waals surface area contributed by atoms with Crippen molar-refractivity contribution in [1.82, 2.24) is 5.32 Å². The first-order valence-electron chi connectivity index (χ1n) is 4.09. The Hall–Kier alpha value is -0.340. The second-order valence-corrected chi connectivity index (χ2v) is 3.36. The van der Waals surface area contributed by atoms with Crippen LogP contribution >= 0.6 is 0 Å². The molecule has 2 nitrogen and oxygen atoms in total. The first kappa shape index (κ1) is 10.7. The minimum absolute atomic E-state index is 0.0533. The zero-order chi connectivity index (χ0) is 8.74. The van der Waals surface area contributed by atoms with Gasteiger partial charge in [-0.25, -0.2) is 0 Å². The van der Waals surface area contributed by atoms with E-state index in [9.17, 15) is 0 Å². The standard InChI is InChI=1S/C9H19NO/c1-4-5-7-10-9(2,3)6-8-11/h4,10-11H,1,5-8H2,2-3H3. The van der Waals surface area contributed by atoms with E-state index in [4.69, 9.17) is 5.11 Å². The van der Waals surface area contributed by atoms with Crippen molar-refractivity contribution in [2.24, 2.45) is 0 Å². The zero-order valence-corrected chi connectivity index (χ0v) is 7.56. The Bertz CT molecular complexity index is 110. The van der Waals surface area contributed by atoms with E-state index in [-0.39, 0.29) is 12.1 Å². The third-order valence-electron chi connectivity index (χ3n) is 1.69. The van der Waals surface area contributed by atoms with Crippen molar-refractivity contribution in [2.75, 3.05) is 13.2 Å². The quantitative estimate of drug-likeness (QED) is 0.450. The van der Waals surface area contributed by atoms with E-state index in [1.807, 2.05) is 6.08 Å². The van der Waals surface area contributed by atoms with E-state index in [0.717, 1.165) is 19.4 Å². The maximum Gasteiger partial charge on any atom is 0.0448 e. The normalized spacial score (nSPS) is 11.5. The van der Waals surface area contributed by atoms with Crippen LogP contribution in [0.4, 0.5) is 0 Å². The van der Waals surface area contributed by atoms with Crippen LogP contribution < -0.4 is 5.32 Å². The largest absolute Gasteiger partial charge is 0.396 e. The minimum Gasteiger partial charge on any atom is -0.396 e.